The number of carboxylic acid groups (broad SMARTS) is 1. The lowest BCUT2D eigenvalue weighted by Crippen LogP contribution is -2.34. The van der Waals surface area contributed by atoms with Crippen LogP contribution in [-0.4, -0.2) is 46.7 Å². The molecular weight excluding hydrogens is 292 g/mol. The van der Waals surface area contributed by atoms with Crippen molar-refractivity contribution < 1.29 is 29.3 Å². The lowest BCUT2D eigenvalue weighted by molar-refractivity contribution is -0.140. The van der Waals surface area contributed by atoms with Gasteiger partial charge in [0.05, 0.1) is 19.6 Å². The first-order chi connectivity index (χ1) is 10.4. The number of amides is 2. The van der Waals surface area contributed by atoms with E-state index in [9.17, 15) is 14.4 Å². The number of benzene rings is 1. The van der Waals surface area contributed by atoms with Crippen molar-refractivity contribution in [1.29, 1.82) is 0 Å². The summed E-state index contributed by atoms with van der Waals surface area (Å²) in [5, 5.41) is 18.9. The van der Waals surface area contributed by atoms with Gasteiger partial charge in [-0.3, -0.25) is 19.7 Å². The molecule has 8 nitrogen and oxygen atoms in total. The third-order valence-corrected chi connectivity index (χ3v) is 2.67. The molecular formula is C14H18N2O6. The summed E-state index contributed by atoms with van der Waals surface area (Å²) in [6, 6.07) is 8.58. The molecule has 0 aromatic heterocycles. The van der Waals surface area contributed by atoms with Gasteiger partial charge in [-0.05, 0) is 5.56 Å². The zero-order valence-corrected chi connectivity index (χ0v) is 11.8. The van der Waals surface area contributed by atoms with Crippen molar-refractivity contribution in [2.45, 2.75) is 25.2 Å². The topological polar surface area (TPSA) is 139 Å². The Balaban J connectivity index is 0.000000255. The van der Waals surface area contributed by atoms with Gasteiger partial charge in [-0.1, -0.05) is 30.3 Å². The van der Waals surface area contributed by atoms with E-state index in [2.05, 4.69) is 0 Å². The van der Waals surface area contributed by atoms with E-state index in [0.29, 0.717) is 6.61 Å². The minimum Gasteiger partial charge on any atom is -0.480 e. The Morgan fingerprint density at radius 1 is 1.36 bits per heavy atom. The molecule has 22 heavy (non-hydrogen) atoms. The average Bonchev–Trinajstić information content (AvgIpc) is 2.77. The van der Waals surface area contributed by atoms with E-state index in [1.54, 1.807) is 0 Å². The Labute approximate surface area is 126 Å². The van der Waals surface area contributed by atoms with E-state index in [1.807, 2.05) is 35.6 Å². The Kier molecular flexibility index (Phi) is 7.17. The number of hydrogen-bond acceptors (Lipinski definition) is 6. The predicted molar refractivity (Wildman–Crippen MR) is 75.5 cm³/mol. The quantitative estimate of drug-likeness (QED) is 0.512. The Morgan fingerprint density at radius 2 is 2.00 bits per heavy atom. The molecule has 1 aliphatic rings. The summed E-state index contributed by atoms with van der Waals surface area (Å²) in [7, 11) is 0. The molecule has 1 heterocycles. The van der Waals surface area contributed by atoms with E-state index >= 15 is 0 Å². The number of aliphatic hydroxyl groups is 1. The summed E-state index contributed by atoms with van der Waals surface area (Å²) in [6.45, 7) is 0.423. The second-order valence-electron chi connectivity index (χ2n) is 4.58. The number of nitrogens with one attached hydrogen (secondary N) is 1. The zero-order chi connectivity index (χ0) is 16.5. The third-order valence-electron chi connectivity index (χ3n) is 2.67. The number of imide groups is 1. The number of ether oxygens (including phenoxy) is 1. The Hall–Kier alpha value is -2.29. The molecule has 1 unspecified atom stereocenters. The van der Waals surface area contributed by atoms with Crippen molar-refractivity contribution in [3.05, 3.63) is 35.9 Å². The summed E-state index contributed by atoms with van der Waals surface area (Å²) in [5.74, 6) is -2.03. The second kappa shape index (κ2) is 8.88. The SMILES string of the molecule is N[C@@H](COCc1ccccc1)C(=O)O.O=C1CC(O)C(=O)N1. The number of aliphatic hydroxyl groups excluding tert-OH is 1. The average molecular weight is 310 g/mol. The van der Waals surface area contributed by atoms with Gasteiger partial charge in [-0.15, -0.1) is 0 Å². The standard InChI is InChI=1S/C10H13NO3.C4H5NO3/c11-9(10(12)13)7-14-6-8-4-2-1-3-5-8;6-2-1-3(7)5-4(2)8/h1-5,9H,6-7,11H2,(H,12,13);2,6H,1H2,(H,5,7,8)/t9-;/m0./s1. The van der Waals surface area contributed by atoms with Crippen molar-refractivity contribution in [3.63, 3.8) is 0 Å². The molecule has 2 atom stereocenters. The number of nitrogens with two attached hydrogens (primary N) is 1. The van der Waals surface area contributed by atoms with Gasteiger partial charge in [-0.2, -0.15) is 0 Å². The molecule has 0 saturated carbocycles. The highest BCUT2D eigenvalue weighted by molar-refractivity contribution is 6.04. The number of carbonyl (C=O) groups excluding carboxylic acids is 2. The summed E-state index contributed by atoms with van der Waals surface area (Å²) in [5.41, 5.74) is 6.26. The molecule has 0 radical (unpaired) electrons. The monoisotopic (exact) mass is 310 g/mol. The predicted octanol–water partition coefficient (Wildman–Crippen LogP) is -0.991. The van der Waals surface area contributed by atoms with Gasteiger partial charge in [-0.25, -0.2) is 0 Å². The molecule has 0 spiro atoms. The highest BCUT2D eigenvalue weighted by Crippen LogP contribution is 2.00. The fraction of sp³-hybridized carbons (Fsp3) is 0.357. The van der Waals surface area contributed by atoms with Crippen LogP contribution in [0.25, 0.3) is 0 Å². The number of carbonyl (C=O) groups is 3. The van der Waals surface area contributed by atoms with E-state index in [0.717, 1.165) is 5.56 Å². The minimum atomic E-state index is -1.11. The zero-order valence-electron chi connectivity index (χ0n) is 11.8. The van der Waals surface area contributed by atoms with Gasteiger partial charge >= 0.3 is 5.97 Å². The molecule has 1 aromatic carbocycles. The van der Waals surface area contributed by atoms with E-state index < -0.39 is 29.9 Å². The largest absolute Gasteiger partial charge is 0.480 e. The van der Waals surface area contributed by atoms with Crippen LogP contribution in [0.2, 0.25) is 0 Å². The number of hydrogen-bond donors (Lipinski definition) is 4. The van der Waals surface area contributed by atoms with Crippen LogP contribution in [0.3, 0.4) is 0 Å². The van der Waals surface area contributed by atoms with Crippen LogP contribution < -0.4 is 11.1 Å². The molecule has 1 fully saturated rings. The van der Waals surface area contributed by atoms with Crippen LogP contribution in [0.5, 0.6) is 0 Å². The summed E-state index contributed by atoms with van der Waals surface area (Å²) in [4.78, 5) is 30.7. The van der Waals surface area contributed by atoms with Gasteiger partial charge in [0.1, 0.15) is 12.1 Å². The molecule has 2 amide bonds. The molecule has 8 heteroatoms. The van der Waals surface area contributed by atoms with E-state index in [1.165, 1.54) is 0 Å². The van der Waals surface area contributed by atoms with Crippen LogP contribution >= 0.6 is 0 Å². The maximum Gasteiger partial charge on any atom is 0.322 e. The molecule has 1 aromatic rings. The molecule has 5 N–H and O–H groups in total. The number of carboxylic acids is 1. The van der Waals surface area contributed by atoms with Gasteiger partial charge in [0, 0.05) is 0 Å². The van der Waals surface area contributed by atoms with Crippen LogP contribution in [0.4, 0.5) is 0 Å². The summed E-state index contributed by atoms with van der Waals surface area (Å²) < 4.78 is 5.14. The fourth-order valence-electron chi connectivity index (χ4n) is 1.49. The van der Waals surface area contributed by atoms with Gasteiger partial charge in [0.25, 0.3) is 5.91 Å². The van der Waals surface area contributed by atoms with Crippen molar-refractivity contribution in [2.24, 2.45) is 5.73 Å². The van der Waals surface area contributed by atoms with Gasteiger partial charge in [0.2, 0.25) is 5.91 Å². The van der Waals surface area contributed by atoms with Crippen molar-refractivity contribution in [1.82, 2.24) is 5.32 Å². The van der Waals surface area contributed by atoms with Crippen molar-refractivity contribution in [3.8, 4) is 0 Å². The second-order valence-corrected chi connectivity index (χ2v) is 4.58. The van der Waals surface area contributed by atoms with Gasteiger partial charge in [0.15, 0.2) is 0 Å². The molecule has 120 valence electrons. The first-order valence-corrected chi connectivity index (χ1v) is 6.52. The highest BCUT2D eigenvalue weighted by atomic mass is 16.5. The number of rotatable bonds is 5. The normalized spacial score (nSPS) is 18.2. The summed E-state index contributed by atoms with van der Waals surface area (Å²) in [6.07, 6.45) is -1.19. The molecule has 2 rings (SSSR count). The number of aliphatic carboxylic acids is 1. The molecule has 1 aliphatic heterocycles. The van der Waals surface area contributed by atoms with Crippen LogP contribution in [-0.2, 0) is 25.7 Å². The van der Waals surface area contributed by atoms with Crippen molar-refractivity contribution >= 4 is 17.8 Å². The Bertz CT molecular complexity index is 519. The smallest absolute Gasteiger partial charge is 0.322 e. The molecule has 0 aliphatic carbocycles. The lowest BCUT2D eigenvalue weighted by Gasteiger charge is -2.07. The fourth-order valence-corrected chi connectivity index (χ4v) is 1.49. The maximum absolute atomic E-state index is 10.3. The third kappa shape index (κ3) is 6.44. The maximum atomic E-state index is 10.3. The molecule has 1 saturated heterocycles. The minimum absolute atomic E-state index is 0.0320. The first-order valence-electron chi connectivity index (χ1n) is 6.52. The molecule has 0 bridgehead atoms. The van der Waals surface area contributed by atoms with Crippen LogP contribution in [0.15, 0.2) is 30.3 Å². The Morgan fingerprint density at radius 3 is 2.41 bits per heavy atom. The van der Waals surface area contributed by atoms with Gasteiger partial charge < -0.3 is 20.7 Å². The van der Waals surface area contributed by atoms with Crippen molar-refractivity contribution in [2.75, 3.05) is 6.61 Å². The van der Waals surface area contributed by atoms with Crippen LogP contribution in [0, 0.1) is 0 Å². The van der Waals surface area contributed by atoms with E-state index in [-0.39, 0.29) is 13.0 Å². The first kappa shape index (κ1) is 17.8. The van der Waals surface area contributed by atoms with E-state index in [4.69, 9.17) is 20.7 Å². The highest BCUT2D eigenvalue weighted by Gasteiger charge is 2.27. The summed E-state index contributed by atoms with van der Waals surface area (Å²) >= 11 is 0. The lowest BCUT2D eigenvalue weighted by atomic mass is 10.2. The van der Waals surface area contributed by atoms with Crippen LogP contribution in [0.1, 0.15) is 12.0 Å².